The number of benzene rings is 2. The Labute approximate surface area is 157 Å². The molecule has 6 heteroatoms. The fraction of sp³-hybridized carbons (Fsp3) is 0.278. The predicted molar refractivity (Wildman–Crippen MR) is 99.8 cm³/mol. The molecule has 2 atom stereocenters. The molecule has 1 amide bonds. The van der Waals surface area contributed by atoms with Gasteiger partial charge in [0.2, 0.25) is 6.17 Å². The third kappa shape index (κ3) is 5.12. The molecular weight excluding hydrogens is 367 g/mol. The second kappa shape index (κ2) is 8.21. The molecule has 2 rings (SSSR count). The lowest BCUT2D eigenvalue weighted by atomic mass is 10.1. The van der Waals surface area contributed by atoms with Crippen LogP contribution >= 0.6 is 34.8 Å². The van der Waals surface area contributed by atoms with Gasteiger partial charge in [0.15, 0.2) is 0 Å². The normalized spacial score (nSPS) is 14.0. The summed E-state index contributed by atoms with van der Waals surface area (Å²) in [6, 6.07) is 17.2. The van der Waals surface area contributed by atoms with Gasteiger partial charge in [-0.25, -0.2) is 0 Å². The number of carbonyl (C=O) groups excluding carboxylic acids is 1. The summed E-state index contributed by atoms with van der Waals surface area (Å²) < 4.78 is -1.63. The SMILES string of the molecule is Cc1ccccc1C(=O)N[C@H]([NH+](C)Cc1ccccc1)C(Cl)(Cl)Cl. The zero-order valence-corrected chi connectivity index (χ0v) is 15.8. The molecule has 0 bridgehead atoms. The summed E-state index contributed by atoms with van der Waals surface area (Å²) in [5.74, 6) is -0.253. The molecule has 0 aliphatic rings. The van der Waals surface area contributed by atoms with Crippen LogP contribution in [0.2, 0.25) is 0 Å². The highest BCUT2D eigenvalue weighted by Gasteiger charge is 2.41. The van der Waals surface area contributed by atoms with E-state index in [0.29, 0.717) is 12.1 Å². The highest BCUT2D eigenvalue weighted by molar-refractivity contribution is 6.68. The molecule has 0 aliphatic carbocycles. The fourth-order valence-electron chi connectivity index (χ4n) is 2.54. The summed E-state index contributed by atoms with van der Waals surface area (Å²) in [5, 5.41) is 2.86. The van der Waals surface area contributed by atoms with Gasteiger partial charge in [0.05, 0.1) is 7.05 Å². The van der Waals surface area contributed by atoms with Crippen molar-refractivity contribution in [3.8, 4) is 0 Å². The monoisotopic (exact) mass is 385 g/mol. The number of aryl methyl sites for hydroxylation is 1. The first-order valence-electron chi connectivity index (χ1n) is 7.58. The molecule has 0 saturated carbocycles. The van der Waals surface area contributed by atoms with Crippen LogP contribution in [0.25, 0.3) is 0 Å². The van der Waals surface area contributed by atoms with Crippen molar-refractivity contribution in [2.75, 3.05) is 7.05 Å². The van der Waals surface area contributed by atoms with Crippen molar-refractivity contribution in [1.82, 2.24) is 5.32 Å². The van der Waals surface area contributed by atoms with E-state index in [9.17, 15) is 4.79 Å². The lowest BCUT2D eigenvalue weighted by Crippen LogP contribution is -3.15. The van der Waals surface area contributed by atoms with Crippen LogP contribution in [0.3, 0.4) is 0 Å². The van der Waals surface area contributed by atoms with E-state index in [0.717, 1.165) is 16.0 Å². The molecule has 0 fully saturated rings. The summed E-state index contributed by atoms with van der Waals surface area (Å²) in [6.45, 7) is 2.49. The molecule has 24 heavy (non-hydrogen) atoms. The van der Waals surface area contributed by atoms with Gasteiger partial charge < -0.3 is 4.90 Å². The zero-order chi connectivity index (χ0) is 17.7. The topological polar surface area (TPSA) is 33.5 Å². The number of carbonyl (C=O) groups is 1. The number of hydrogen-bond donors (Lipinski definition) is 2. The van der Waals surface area contributed by atoms with E-state index >= 15 is 0 Å². The van der Waals surface area contributed by atoms with Crippen molar-refractivity contribution in [3.63, 3.8) is 0 Å². The van der Waals surface area contributed by atoms with Crippen LogP contribution in [0.15, 0.2) is 54.6 Å². The highest BCUT2D eigenvalue weighted by Crippen LogP contribution is 2.28. The first-order chi connectivity index (χ1) is 11.3. The van der Waals surface area contributed by atoms with Gasteiger partial charge >= 0.3 is 0 Å². The molecule has 0 aliphatic heterocycles. The third-order valence-electron chi connectivity index (χ3n) is 3.81. The van der Waals surface area contributed by atoms with Crippen molar-refractivity contribution in [3.05, 3.63) is 71.3 Å². The summed E-state index contributed by atoms with van der Waals surface area (Å²) in [4.78, 5) is 13.5. The van der Waals surface area contributed by atoms with Crippen molar-refractivity contribution in [2.24, 2.45) is 0 Å². The van der Waals surface area contributed by atoms with E-state index < -0.39 is 9.96 Å². The summed E-state index contributed by atoms with van der Waals surface area (Å²) >= 11 is 18.4. The van der Waals surface area contributed by atoms with Gasteiger partial charge in [-0.15, -0.1) is 0 Å². The predicted octanol–water partition coefficient (Wildman–Crippen LogP) is 3.14. The van der Waals surface area contributed by atoms with Gasteiger partial charge in [-0.05, 0) is 18.6 Å². The van der Waals surface area contributed by atoms with Crippen molar-refractivity contribution in [1.29, 1.82) is 0 Å². The van der Waals surface area contributed by atoms with Gasteiger partial charge in [0.25, 0.3) is 9.70 Å². The number of alkyl halides is 3. The molecule has 0 spiro atoms. The first-order valence-corrected chi connectivity index (χ1v) is 8.72. The second-order valence-electron chi connectivity index (χ2n) is 5.77. The molecule has 3 nitrogen and oxygen atoms in total. The molecule has 0 heterocycles. The van der Waals surface area contributed by atoms with Crippen LogP contribution in [0, 0.1) is 6.92 Å². The Bertz CT molecular complexity index is 686. The standard InChI is InChI=1S/C18H19Cl3N2O/c1-13-8-6-7-11-15(13)16(24)22-17(18(19,20)21)23(2)12-14-9-4-3-5-10-14/h3-11,17H,12H2,1-2H3,(H,22,24)/p+1/t17-/m1/s1. The van der Waals surface area contributed by atoms with E-state index in [1.807, 2.05) is 62.5 Å². The molecule has 0 saturated heterocycles. The van der Waals surface area contributed by atoms with Crippen LogP contribution in [-0.2, 0) is 6.54 Å². The van der Waals surface area contributed by atoms with Crippen LogP contribution < -0.4 is 10.2 Å². The second-order valence-corrected chi connectivity index (χ2v) is 8.14. The minimum atomic E-state index is -1.63. The average Bonchev–Trinajstić information content (AvgIpc) is 2.52. The Kier molecular flexibility index (Phi) is 6.53. The van der Waals surface area contributed by atoms with Gasteiger partial charge in [-0.2, -0.15) is 0 Å². The van der Waals surface area contributed by atoms with Crippen molar-refractivity contribution < 1.29 is 9.69 Å². The zero-order valence-electron chi connectivity index (χ0n) is 13.5. The van der Waals surface area contributed by atoms with E-state index in [-0.39, 0.29) is 5.91 Å². The summed E-state index contributed by atoms with van der Waals surface area (Å²) in [6.07, 6.45) is -0.685. The Morgan fingerprint density at radius 1 is 1.08 bits per heavy atom. The molecule has 2 aromatic rings. The van der Waals surface area contributed by atoms with Gasteiger partial charge in [-0.3, -0.25) is 10.1 Å². The minimum Gasteiger partial charge on any atom is -0.310 e. The highest BCUT2D eigenvalue weighted by atomic mass is 35.6. The number of nitrogens with one attached hydrogen (secondary N) is 2. The maximum atomic E-state index is 12.6. The molecule has 0 radical (unpaired) electrons. The van der Waals surface area contributed by atoms with Crippen LogP contribution in [0.5, 0.6) is 0 Å². The van der Waals surface area contributed by atoms with Gasteiger partial charge in [-0.1, -0.05) is 83.3 Å². The van der Waals surface area contributed by atoms with E-state index in [1.54, 1.807) is 6.07 Å². The summed E-state index contributed by atoms with van der Waals surface area (Å²) in [5.41, 5.74) is 2.54. The quantitative estimate of drug-likeness (QED) is 0.601. The Morgan fingerprint density at radius 2 is 1.67 bits per heavy atom. The molecule has 0 aromatic heterocycles. The smallest absolute Gasteiger partial charge is 0.262 e. The third-order valence-corrected chi connectivity index (χ3v) is 4.47. The Morgan fingerprint density at radius 3 is 2.25 bits per heavy atom. The Hall–Kier alpha value is -1.26. The first kappa shape index (κ1) is 19.1. The van der Waals surface area contributed by atoms with Gasteiger partial charge in [0, 0.05) is 11.1 Å². The van der Waals surface area contributed by atoms with Crippen molar-refractivity contribution in [2.45, 2.75) is 23.4 Å². The lowest BCUT2D eigenvalue weighted by molar-refractivity contribution is -0.921. The number of amides is 1. The number of hydrogen-bond acceptors (Lipinski definition) is 1. The molecule has 128 valence electrons. The molecule has 2 N–H and O–H groups in total. The van der Waals surface area contributed by atoms with Crippen LogP contribution in [0.1, 0.15) is 21.5 Å². The van der Waals surface area contributed by atoms with Crippen molar-refractivity contribution >= 4 is 40.7 Å². The summed E-state index contributed by atoms with van der Waals surface area (Å²) in [7, 11) is 1.89. The molecular formula is C18H20Cl3N2O+. The minimum absolute atomic E-state index is 0.253. The number of halogens is 3. The van der Waals surface area contributed by atoms with Gasteiger partial charge in [0.1, 0.15) is 6.54 Å². The molecule has 2 aromatic carbocycles. The van der Waals surface area contributed by atoms with E-state index in [1.165, 1.54) is 0 Å². The van der Waals surface area contributed by atoms with E-state index in [2.05, 4.69) is 5.32 Å². The Balaban J connectivity index is 2.17. The fourth-order valence-corrected chi connectivity index (χ4v) is 3.26. The average molecular weight is 387 g/mol. The maximum Gasteiger partial charge on any atom is 0.262 e. The van der Waals surface area contributed by atoms with Crippen LogP contribution in [0.4, 0.5) is 0 Å². The maximum absolute atomic E-state index is 12.6. The largest absolute Gasteiger partial charge is 0.310 e. The number of quaternary nitrogens is 1. The lowest BCUT2D eigenvalue weighted by Gasteiger charge is -2.30. The number of rotatable bonds is 5. The van der Waals surface area contributed by atoms with E-state index in [4.69, 9.17) is 34.8 Å². The van der Waals surface area contributed by atoms with Crippen LogP contribution in [-0.4, -0.2) is 22.9 Å². The molecule has 1 unspecified atom stereocenters.